The van der Waals surface area contributed by atoms with E-state index in [1.54, 1.807) is 11.7 Å². The first-order valence-electron chi connectivity index (χ1n) is 8.59. The summed E-state index contributed by atoms with van der Waals surface area (Å²) in [6.07, 6.45) is 4.70. The summed E-state index contributed by atoms with van der Waals surface area (Å²) in [6.45, 7) is 2.74. The molecule has 2 aliphatic rings. The summed E-state index contributed by atoms with van der Waals surface area (Å²) < 4.78 is 1.61. The molecule has 0 radical (unpaired) electrons. The predicted octanol–water partition coefficient (Wildman–Crippen LogP) is 2.06. The molecule has 1 N–H and O–H groups in total. The van der Waals surface area contributed by atoms with Gasteiger partial charge in [-0.25, -0.2) is 4.68 Å². The van der Waals surface area contributed by atoms with E-state index in [2.05, 4.69) is 44.6 Å². The Morgan fingerprint density at radius 2 is 2.21 bits per heavy atom. The summed E-state index contributed by atoms with van der Waals surface area (Å²) in [6, 6.07) is 10.5. The normalized spacial score (nSPS) is 26.5. The summed E-state index contributed by atoms with van der Waals surface area (Å²) in [7, 11) is 1.79. The first-order valence-corrected chi connectivity index (χ1v) is 8.59. The monoisotopic (exact) mass is 325 g/mol. The van der Waals surface area contributed by atoms with Gasteiger partial charge in [0.25, 0.3) is 0 Å². The molecule has 0 spiro atoms. The third-order valence-corrected chi connectivity index (χ3v) is 5.58. The van der Waals surface area contributed by atoms with Crippen molar-refractivity contribution in [2.75, 3.05) is 18.4 Å². The molecule has 1 aromatic carbocycles. The van der Waals surface area contributed by atoms with Gasteiger partial charge >= 0.3 is 0 Å². The quantitative estimate of drug-likeness (QED) is 0.934. The number of aromatic nitrogens is 3. The van der Waals surface area contributed by atoms with Crippen molar-refractivity contribution in [3.05, 3.63) is 42.2 Å². The number of hydrogen-bond acceptors (Lipinski definition) is 4. The van der Waals surface area contributed by atoms with Gasteiger partial charge in [-0.2, -0.15) is 10.1 Å². The number of aryl methyl sites for hydroxylation is 1. The van der Waals surface area contributed by atoms with E-state index in [0.29, 0.717) is 11.9 Å². The van der Waals surface area contributed by atoms with Crippen molar-refractivity contribution in [2.24, 2.45) is 18.4 Å². The van der Waals surface area contributed by atoms with Crippen molar-refractivity contribution in [2.45, 2.75) is 25.8 Å². The standard InChI is InChI=1S/C18H23N5O/c1-22-17(19-13-20-22)21-16(24)18-9-5-8-15(18)11-23(12-18)10-14-6-3-2-4-7-14/h2-4,6-7,13,15H,5,8-12H2,1H3,(H,19,20,21,24)/t15-,18-/m1/s1. The molecule has 0 bridgehead atoms. The number of benzene rings is 1. The second-order valence-electron chi connectivity index (χ2n) is 7.06. The lowest BCUT2D eigenvalue weighted by molar-refractivity contribution is -0.126. The Bertz CT molecular complexity index is 728. The van der Waals surface area contributed by atoms with Gasteiger partial charge in [-0.3, -0.25) is 15.0 Å². The van der Waals surface area contributed by atoms with Crippen LogP contribution in [0.5, 0.6) is 0 Å². The van der Waals surface area contributed by atoms with Gasteiger partial charge in [0.05, 0.1) is 5.41 Å². The number of nitrogens with zero attached hydrogens (tertiary/aromatic N) is 4. The van der Waals surface area contributed by atoms with E-state index in [9.17, 15) is 4.79 Å². The molecule has 0 unspecified atom stereocenters. The number of amides is 1. The van der Waals surface area contributed by atoms with E-state index in [0.717, 1.165) is 38.9 Å². The molecule has 1 aliphatic carbocycles. The van der Waals surface area contributed by atoms with Crippen LogP contribution in [-0.4, -0.2) is 38.7 Å². The van der Waals surface area contributed by atoms with Crippen molar-refractivity contribution < 1.29 is 4.79 Å². The largest absolute Gasteiger partial charge is 0.298 e. The van der Waals surface area contributed by atoms with E-state index < -0.39 is 0 Å². The Morgan fingerprint density at radius 1 is 1.38 bits per heavy atom. The topological polar surface area (TPSA) is 63.1 Å². The fraction of sp³-hybridized carbons (Fsp3) is 0.500. The molecule has 4 rings (SSSR count). The van der Waals surface area contributed by atoms with Gasteiger partial charge in [-0.05, 0) is 24.3 Å². The highest BCUT2D eigenvalue weighted by Gasteiger charge is 2.54. The minimum absolute atomic E-state index is 0.108. The van der Waals surface area contributed by atoms with Crippen LogP contribution in [0.4, 0.5) is 5.95 Å². The lowest BCUT2D eigenvalue weighted by atomic mass is 9.80. The third-order valence-electron chi connectivity index (χ3n) is 5.58. The van der Waals surface area contributed by atoms with Crippen molar-refractivity contribution in [3.8, 4) is 0 Å². The summed E-state index contributed by atoms with van der Waals surface area (Å²) in [5, 5.41) is 7.03. The minimum Gasteiger partial charge on any atom is -0.298 e. The van der Waals surface area contributed by atoms with Crippen LogP contribution in [0.1, 0.15) is 24.8 Å². The zero-order valence-electron chi connectivity index (χ0n) is 14.0. The van der Waals surface area contributed by atoms with Crippen LogP contribution in [0.15, 0.2) is 36.7 Å². The van der Waals surface area contributed by atoms with E-state index in [4.69, 9.17) is 0 Å². The van der Waals surface area contributed by atoms with Crippen LogP contribution in [0, 0.1) is 11.3 Å². The molecule has 1 aromatic heterocycles. The first kappa shape index (κ1) is 15.3. The van der Waals surface area contributed by atoms with Crippen LogP contribution in [0.25, 0.3) is 0 Å². The fourth-order valence-corrected chi connectivity index (χ4v) is 4.36. The molecule has 24 heavy (non-hydrogen) atoms. The van der Waals surface area contributed by atoms with E-state index in [1.165, 1.54) is 11.9 Å². The van der Waals surface area contributed by atoms with Crippen LogP contribution in [-0.2, 0) is 18.4 Å². The molecule has 6 heteroatoms. The number of nitrogens with one attached hydrogen (secondary N) is 1. The van der Waals surface area contributed by atoms with Gasteiger partial charge in [-0.15, -0.1) is 0 Å². The average Bonchev–Trinajstić information content (AvgIpc) is 3.24. The molecular weight excluding hydrogens is 302 g/mol. The first-order chi connectivity index (χ1) is 11.7. The second-order valence-corrected chi connectivity index (χ2v) is 7.06. The summed E-state index contributed by atoms with van der Waals surface area (Å²) >= 11 is 0. The number of hydrogen-bond donors (Lipinski definition) is 1. The number of anilines is 1. The molecule has 2 fully saturated rings. The fourth-order valence-electron chi connectivity index (χ4n) is 4.36. The molecular formula is C18H23N5O. The highest BCUT2D eigenvalue weighted by atomic mass is 16.2. The van der Waals surface area contributed by atoms with Crippen molar-refractivity contribution in [1.29, 1.82) is 0 Å². The summed E-state index contributed by atoms with van der Waals surface area (Å²) in [5.41, 5.74) is 1.03. The van der Waals surface area contributed by atoms with E-state index in [-0.39, 0.29) is 11.3 Å². The number of carbonyl (C=O) groups excluding carboxylic acids is 1. The average molecular weight is 325 g/mol. The van der Waals surface area contributed by atoms with Crippen molar-refractivity contribution in [1.82, 2.24) is 19.7 Å². The molecule has 1 saturated heterocycles. The van der Waals surface area contributed by atoms with Crippen LogP contribution >= 0.6 is 0 Å². The lowest BCUT2D eigenvalue weighted by Crippen LogP contribution is -2.40. The highest BCUT2D eigenvalue weighted by molar-refractivity contribution is 5.95. The SMILES string of the molecule is Cn1ncnc1NC(=O)[C@@]12CCC[C@@H]1CN(Cc1ccccc1)C2. The third kappa shape index (κ3) is 2.60. The molecule has 6 nitrogen and oxygen atoms in total. The molecule has 1 amide bonds. The van der Waals surface area contributed by atoms with Crippen molar-refractivity contribution >= 4 is 11.9 Å². The maximum atomic E-state index is 13.0. The van der Waals surface area contributed by atoms with Crippen LogP contribution in [0.2, 0.25) is 0 Å². The minimum atomic E-state index is -0.277. The van der Waals surface area contributed by atoms with Gasteiger partial charge < -0.3 is 0 Å². The summed E-state index contributed by atoms with van der Waals surface area (Å²) in [5.74, 6) is 1.08. The molecule has 2 heterocycles. The zero-order valence-corrected chi connectivity index (χ0v) is 14.0. The second kappa shape index (κ2) is 6.02. The van der Waals surface area contributed by atoms with Crippen LogP contribution in [0.3, 0.4) is 0 Å². The molecule has 126 valence electrons. The number of carbonyl (C=O) groups is 1. The molecule has 1 saturated carbocycles. The maximum Gasteiger partial charge on any atom is 0.234 e. The highest BCUT2D eigenvalue weighted by Crippen LogP contribution is 2.49. The Labute approximate surface area is 141 Å². The Morgan fingerprint density at radius 3 is 2.96 bits per heavy atom. The van der Waals surface area contributed by atoms with Gasteiger partial charge in [0, 0.05) is 26.7 Å². The summed E-state index contributed by atoms with van der Waals surface area (Å²) in [4.78, 5) is 19.6. The Balaban J connectivity index is 1.50. The van der Waals surface area contributed by atoms with Gasteiger partial charge in [0.2, 0.25) is 11.9 Å². The smallest absolute Gasteiger partial charge is 0.234 e. The predicted molar refractivity (Wildman–Crippen MR) is 91.1 cm³/mol. The number of fused-ring (bicyclic) bond motifs is 1. The lowest BCUT2D eigenvalue weighted by Gasteiger charge is -2.27. The zero-order chi connectivity index (χ0) is 16.6. The van der Waals surface area contributed by atoms with Gasteiger partial charge in [-0.1, -0.05) is 36.8 Å². The number of likely N-dealkylation sites (tertiary alicyclic amines) is 1. The van der Waals surface area contributed by atoms with E-state index in [1.807, 2.05) is 6.07 Å². The van der Waals surface area contributed by atoms with Crippen LogP contribution < -0.4 is 5.32 Å². The molecule has 2 aromatic rings. The van der Waals surface area contributed by atoms with Gasteiger partial charge in [0.1, 0.15) is 6.33 Å². The van der Waals surface area contributed by atoms with Gasteiger partial charge in [0.15, 0.2) is 0 Å². The van der Waals surface area contributed by atoms with E-state index >= 15 is 0 Å². The van der Waals surface area contributed by atoms with Crippen molar-refractivity contribution in [3.63, 3.8) is 0 Å². The number of rotatable bonds is 4. The Kier molecular flexibility index (Phi) is 3.84. The Hall–Kier alpha value is -2.21. The molecule has 1 aliphatic heterocycles. The maximum absolute atomic E-state index is 13.0. The molecule has 2 atom stereocenters.